The number of pyridine rings is 1. The highest BCUT2D eigenvalue weighted by molar-refractivity contribution is 8.02. The maximum absolute atomic E-state index is 14.2. The third-order valence-corrected chi connectivity index (χ3v) is 10.2. The number of thioether (sulfide) groups is 2. The van der Waals surface area contributed by atoms with Gasteiger partial charge in [-0.3, -0.25) is 19.5 Å². The van der Waals surface area contributed by atoms with Crippen molar-refractivity contribution in [2.75, 3.05) is 23.8 Å². The number of rotatable bonds is 14. The molecule has 4 aromatic rings. The van der Waals surface area contributed by atoms with Crippen LogP contribution in [0.15, 0.2) is 120 Å². The van der Waals surface area contributed by atoms with Gasteiger partial charge in [0.1, 0.15) is 23.7 Å². The molecule has 0 spiro atoms. The van der Waals surface area contributed by atoms with E-state index in [1.807, 2.05) is 90.3 Å². The number of carbonyl (C=O) groups excluding carboxylic acids is 3. The van der Waals surface area contributed by atoms with E-state index in [9.17, 15) is 14.4 Å². The lowest BCUT2D eigenvalue weighted by Crippen LogP contribution is -2.71. The highest BCUT2D eigenvalue weighted by Crippen LogP contribution is 2.42. The number of fused-ring (bicyclic) bond motifs is 1. The molecule has 2 aliphatic rings. The molecule has 3 N–H and O–H groups in total. The molecule has 2 aromatic heterocycles. The average Bonchev–Trinajstić information content (AvgIpc) is 3.59. The van der Waals surface area contributed by atoms with Gasteiger partial charge in [-0.15, -0.1) is 23.5 Å². The van der Waals surface area contributed by atoms with Crippen molar-refractivity contribution in [1.29, 1.82) is 0 Å². The standard InChI is InChI=1S/C35H31N7O5S3/c1-2-18-46-40-26(30-39-35(36)50-41-30)31(43)38-27-32(44)42-28(24(21-49-33(27)42)20-48-19-16-25-15-9-10-17-37-25)34(45)47-29(22-11-5-3-6-12-22)23-13-7-4-8-14-23/h2-17,19,27,29,33H,1,18,20-21H2,(H,38,43)(H2,36,39,41)/b19-16+,40-26+/t27?,33-/m1/s1. The van der Waals surface area contributed by atoms with Crippen molar-refractivity contribution in [2.24, 2.45) is 5.16 Å². The van der Waals surface area contributed by atoms with Crippen molar-refractivity contribution in [2.45, 2.75) is 17.5 Å². The first-order valence-corrected chi connectivity index (χ1v) is 18.2. The van der Waals surface area contributed by atoms with Gasteiger partial charge in [-0.25, -0.2) is 4.79 Å². The van der Waals surface area contributed by atoms with Crippen LogP contribution in [0.4, 0.5) is 5.13 Å². The number of ether oxygens (including phenoxy) is 1. The molecule has 12 nitrogen and oxygen atoms in total. The number of carbonyl (C=O) groups is 3. The minimum atomic E-state index is -0.965. The number of nitrogens with zero attached hydrogens (tertiary/aromatic N) is 5. The smallest absolute Gasteiger partial charge is 0.356 e. The lowest BCUT2D eigenvalue weighted by atomic mass is 10.0. The Bertz CT molecular complexity index is 1900. The summed E-state index contributed by atoms with van der Waals surface area (Å²) in [5.41, 5.74) is 8.75. The summed E-state index contributed by atoms with van der Waals surface area (Å²) in [7, 11) is 0. The molecule has 50 heavy (non-hydrogen) atoms. The third-order valence-electron chi connectivity index (χ3n) is 7.45. The Kier molecular flexibility index (Phi) is 11.4. The van der Waals surface area contributed by atoms with Crippen LogP contribution < -0.4 is 11.1 Å². The van der Waals surface area contributed by atoms with Crippen molar-refractivity contribution in [3.63, 3.8) is 0 Å². The maximum Gasteiger partial charge on any atom is 0.356 e. The van der Waals surface area contributed by atoms with Crippen molar-refractivity contribution in [1.82, 2.24) is 24.6 Å². The minimum Gasteiger partial charge on any atom is -0.448 e. The summed E-state index contributed by atoms with van der Waals surface area (Å²) in [5, 5.41) is 8.07. The molecule has 0 aliphatic carbocycles. The number of hydrogen-bond donors (Lipinski definition) is 2. The van der Waals surface area contributed by atoms with E-state index < -0.39 is 35.3 Å². The summed E-state index contributed by atoms with van der Waals surface area (Å²) in [5.74, 6) is -1.04. The van der Waals surface area contributed by atoms with Crippen LogP contribution >= 0.6 is 35.1 Å². The predicted octanol–water partition coefficient (Wildman–Crippen LogP) is 4.81. The number of anilines is 1. The first-order valence-electron chi connectivity index (χ1n) is 15.3. The zero-order valence-electron chi connectivity index (χ0n) is 26.5. The first kappa shape index (κ1) is 34.6. The van der Waals surface area contributed by atoms with E-state index in [2.05, 4.69) is 31.4 Å². The first-order chi connectivity index (χ1) is 24.4. The molecule has 2 aliphatic heterocycles. The number of aromatic nitrogens is 3. The van der Waals surface area contributed by atoms with Crippen LogP contribution in [-0.4, -0.2) is 72.3 Å². The molecule has 2 amide bonds. The number of β-lactam (4-membered cyclic amide) rings is 1. The van der Waals surface area contributed by atoms with E-state index >= 15 is 0 Å². The monoisotopic (exact) mass is 725 g/mol. The van der Waals surface area contributed by atoms with Gasteiger partial charge in [-0.05, 0) is 40.3 Å². The van der Waals surface area contributed by atoms with Gasteiger partial charge in [-0.2, -0.15) is 9.36 Å². The van der Waals surface area contributed by atoms with Crippen LogP contribution in [0.25, 0.3) is 6.08 Å². The zero-order chi connectivity index (χ0) is 34.9. The average molecular weight is 726 g/mol. The molecule has 1 fully saturated rings. The number of hydrogen-bond acceptors (Lipinski definition) is 13. The summed E-state index contributed by atoms with van der Waals surface area (Å²) in [6.45, 7) is 3.61. The molecule has 2 atom stereocenters. The van der Waals surface area contributed by atoms with E-state index in [4.69, 9.17) is 15.3 Å². The Balaban J connectivity index is 1.26. The van der Waals surface area contributed by atoms with Gasteiger partial charge < -0.3 is 20.6 Å². The Morgan fingerprint density at radius 2 is 1.82 bits per heavy atom. The molecule has 0 bridgehead atoms. The van der Waals surface area contributed by atoms with Gasteiger partial charge >= 0.3 is 5.97 Å². The maximum atomic E-state index is 14.2. The molecule has 6 rings (SSSR count). The summed E-state index contributed by atoms with van der Waals surface area (Å²) in [4.78, 5) is 56.5. The van der Waals surface area contributed by atoms with E-state index in [0.717, 1.165) is 33.9 Å². The van der Waals surface area contributed by atoms with Crippen LogP contribution in [0.3, 0.4) is 0 Å². The number of esters is 1. The fourth-order valence-electron chi connectivity index (χ4n) is 5.15. The van der Waals surface area contributed by atoms with Crippen molar-refractivity contribution < 1.29 is 24.0 Å². The van der Waals surface area contributed by atoms with Gasteiger partial charge in [0.25, 0.3) is 11.8 Å². The Morgan fingerprint density at radius 1 is 1.10 bits per heavy atom. The highest BCUT2D eigenvalue weighted by Gasteiger charge is 2.55. The third kappa shape index (κ3) is 7.96. The van der Waals surface area contributed by atoms with Crippen LogP contribution in [0.5, 0.6) is 0 Å². The second-order valence-corrected chi connectivity index (χ2v) is 13.6. The molecular weight excluding hydrogens is 695 g/mol. The molecule has 0 radical (unpaired) electrons. The molecule has 4 heterocycles. The molecule has 254 valence electrons. The lowest BCUT2D eigenvalue weighted by Gasteiger charge is -2.49. The van der Waals surface area contributed by atoms with Crippen molar-refractivity contribution in [3.05, 3.63) is 137 Å². The van der Waals surface area contributed by atoms with Crippen LogP contribution in [-0.2, 0) is 24.0 Å². The van der Waals surface area contributed by atoms with Crippen LogP contribution in [0.2, 0.25) is 0 Å². The summed E-state index contributed by atoms with van der Waals surface area (Å²) < 4.78 is 10.3. The lowest BCUT2D eigenvalue weighted by molar-refractivity contribution is -0.154. The Hall–Kier alpha value is -5.25. The van der Waals surface area contributed by atoms with E-state index in [1.165, 1.54) is 34.5 Å². The van der Waals surface area contributed by atoms with Crippen LogP contribution in [0.1, 0.15) is 28.7 Å². The molecular formula is C35H31N7O5S3. The topological polar surface area (TPSA) is 162 Å². The fraction of sp³-hybridized carbons (Fsp3) is 0.171. The number of benzene rings is 2. The van der Waals surface area contributed by atoms with E-state index in [1.54, 1.807) is 6.20 Å². The number of nitrogens with one attached hydrogen (secondary N) is 1. The van der Waals surface area contributed by atoms with Crippen molar-refractivity contribution in [3.8, 4) is 0 Å². The number of oxime groups is 1. The van der Waals surface area contributed by atoms with Gasteiger partial charge in [0.05, 0.1) is 5.69 Å². The summed E-state index contributed by atoms with van der Waals surface area (Å²) in [6, 6.07) is 23.5. The highest BCUT2D eigenvalue weighted by atomic mass is 32.2. The largest absolute Gasteiger partial charge is 0.448 e. The van der Waals surface area contributed by atoms with Crippen LogP contribution in [0, 0.1) is 0 Å². The number of nitrogens with two attached hydrogens (primary N) is 1. The minimum absolute atomic E-state index is 0.0338. The van der Waals surface area contributed by atoms with Gasteiger partial charge in [0.15, 0.2) is 11.2 Å². The normalized spacial score (nSPS) is 17.3. The zero-order valence-corrected chi connectivity index (χ0v) is 28.9. The molecule has 2 aromatic carbocycles. The van der Waals surface area contributed by atoms with E-state index in [-0.39, 0.29) is 29.0 Å². The SMILES string of the molecule is C=CCO/N=C(/C(=O)NC1C(=O)N2C(C(=O)OC(c3ccccc3)c3ccccc3)=C(CS/C=C/c3ccccn3)CS[C@H]12)c1nsc(N)n1. The van der Waals surface area contributed by atoms with Crippen molar-refractivity contribution >= 4 is 69.8 Å². The van der Waals surface area contributed by atoms with E-state index in [0.29, 0.717) is 11.5 Å². The predicted molar refractivity (Wildman–Crippen MR) is 196 cm³/mol. The molecule has 1 unspecified atom stereocenters. The molecule has 15 heteroatoms. The molecule has 1 saturated heterocycles. The Morgan fingerprint density at radius 3 is 2.46 bits per heavy atom. The quantitative estimate of drug-likeness (QED) is 0.0458. The summed E-state index contributed by atoms with van der Waals surface area (Å²) in [6.07, 6.45) is 4.34. The van der Waals surface area contributed by atoms with Gasteiger partial charge in [0.2, 0.25) is 11.5 Å². The second-order valence-electron chi connectivity index (χ2n) is 10.8. The number of nitrogen functional groups attached to an aromatic ring is 1. The fourth-order valence-corrected chi connectivity index (χ4v) is 7.83. The Labute approximate surface area is 300 Å². The number of amides is 2. The van der Waals surface area contributed by atoms with Gasteiger partial charge in [0, 0.05) is 29.2 Å². The second kappa shape index (κ2) is 16.4. The summed E-state index contributed by atoms with van der Waals surface area (Å²) >= 11 is 3.80. The van der Waals surface area contributed by atoms with Gasteiger partial charge in [-0.1, -0.05) is 84.5 Å². The molecule has 0 saturated carbocycles.